The van der Waals surface area contributed by atoms with E-state index in [1.54, 1.807) is 6.26 Å². The summed E-state index contributed by atoms with van der Waals surface area (Å²) >= 11 is 7.16. The maximum Gasteiger partial charge on any atom is 0.307 e. The number of sulfone groups is 1. The average Bonchev–Trinajstić information content (AvgIpc) is 2.14. The van der Waals surface area contributed by atoms with Crippen LogP contribution in [0.4, 0.5) is 0 Å². The first-order chi connectivity index (χ1) is 7.75. The summed E-state index contributed by atoms with van der Waals surface area (Å²) in [6.07, 6.45) is 2.53. The van der Waals surface area contributed by atoms with Gasteiger partial charge in [0.2, 0.25) is 0 Å². The van der Waals surface area contributed by atoms with Crippen LogP contribution in [0, 0.1) is 0 Å². The van der Waals surface area contributed by atoms with Crippen LogP contribution in [0.5, 0.6) is 0 Å². The lowest BCUT2D eigenvalue weighted by atomic mass is 10.1. The molecule has 0 bridgehead atoms. The summed E-state index contributed by atoms with van der Waals surface area (Å²) in [5.74, 6) is -1.03. The number of carboxylic acids is 1. The number of rotatable bonds is 4. The molecule has 0 aliphatic carbocycles. The fourth-order valence-electron chi connectivity index (χ4n) is 1.37. The quantitative estimate of drug-likeness (QED) is 0.861. The van der Waals surface area contributed by atoms with E-state index >= 15 is 0 Å². The van der Waals surface area contributed by atoms with Gasteiger partial charge in [-0.2, -0.15) is 0 Å². The number of halogens is 1. The fraction of sp³-hybridized carbons (Fsp3) is 0.300. The predicted molar refractivity (Wildman–Crippen MR) is 67.7 cm³/mol. The summed E-state index contributed by atoms with van der Waals surface area (Å²) in [6, 6.07) is 2.84. The van der Waals surface area contributed by atoms with Gasteiger partial charge in [-0.05, 0) is 24.0 Å². The van der Waals surface area contributed by atoms with E-state index in [9.17, 15) is 13.2 Å². The first-order valence-corrected chi connectivity index (χ1v) is 8.03. The molecule has 0 radical (unpaired) electrons. The van der Waals surface area contributed by atoms with Gasteiger partial charge in [-0.3, -0.25) is 4.79 Å². The smallest absolute Gasteiger partial charge is 0.307 e. The first-order valence-electron chi connectivity index (χ1n) is 4.54. The highest BCUT2D eigenvalue weighted by molar-refractivity contribution is 7.99. The summed E-state index contributed by atoms with van der Waals surface area (Å²) < 4.78 is 23.2. The Kier molecular flexibility index (Phi) is 4.46. The van der Waals surface area contributed by atoms with Gasteiger partial charge < -0.3 is 5.11 Å². The van der Waals surface area contributed by atoms with Crippen LogP contribution in [0.15, 0.2) is 21.9 Å². The standard InChI is InChI=1S/C10H11ClO4S2/c1-16-10-7(11)3-6(5-9(12)13)4-8(10)17(2,14)15/h3-4H,5H2,1-2H3,(H,12,13). The molecule has 1 N–H and O–H groups in total. The molecule has 0 aliphatic heterocycles. The third-order valence-electron chi connectivity index (χ3n) is 2.03. The number of hydrogen-bond donors (Lipinski definition) is 1. The molecule has 1 aromatic carbocycles. The van der Waals surface area contributed by atoms with Crippen molar-refractivity contribution in [1.29, 1.82) is 0 Å². The Labute approximate surface area is 109 Å². The van der Waals surface area contributed by atoms with Gasteiger partial charge in [0.25, 0.3) is 0 Å². The van der Waals surface area contributed by atoms with Crippen molar-refractivity contribution in [2.75, 3.05) is 12.5 Å². The molecule has 0 aliphatic rings. The zero-order valence-electron chi connectivity index (χ0n) is 9.23. The molecule has 0 unspecified atom stereocenters. The second kappa shape index (κ2) is 5.29. The topological polar surface area (TPSA) is 71.4 Å². The Hall–Kier alpha value is -0.720. The van der Waals surface area contributed by atoms with Crippen molar-refractivity contribution >= 4 is 39.2 Å². The van der Waals surface area contributed by atoms with E-state index in [2.05, 4.69) is 0 Å². The molecule has 17 heavy (non-hydrogen) atoms. The van der Waals surface area contributed by atoms with Crippen molar-refractivity contribution in [1.82, 2.24) is 0 Å². The lowest BCUT2D eigenvalue weighted by Crippen LogP contribution is -2.05. The highest BCUT2D eigenvalue weighted by Crippen LogP contribution is 2.33. The molecular weight excluding hydrogens is 284 g/mol. The van der Waals surface area contributed by atoms with Crippen LogP contribution >= 0.6 is 23.4 Å². The maximum atomic E-state index is 11.6. The average molecular weight is 295 g/mol. The van der Waals surface area contributed by atoms with Gasteiger partial charge in [0.05, 0.1) is 16.3 Å². The van der Waals surface area contributed by atoms with E-state index in [-0.39, 0.29) is 16.3 Å². The van der Waals surface area contributed by atoms with E-state index in [0.717, 1.165) is 6.26 Å². The molecular formula is C10H11ClO4S2. The third kappa shape index (κ3) is 3.62. The molecule has 94 valence electrons. The monoisotopic (exact) mass is 294 g/mol. The van der Waals surface area contributed by atoms with Crippen molar-refractivity contribution in [2.24, 2.45) is 0 Å². The van der Waals surface area contributed by atoms with E-state index in [1.165, 1.54) is 23.9 Å². The third-order valence-corrected chi connectivity index (χ3v) is 4.54. The SMILES string of the molecule is CSc1c(Cl)cc(CC(=O)O)cc1S(C)(=O)=O. The molecule has 1 rings (SSSR count). The molecule has 7 heteroatoms. The van der Waals surface area contributed by atoms with Crippen LogP contribution < -0.4 is 0 Å². The minimum absolute atomic E-state index is 0.0775. The Morgan fingerprint density at radius 3 is 2.47 bits per heavy atom. The summed E-state index contributed by atoms with van der Waals surface area (Å²) in [5, 5.41) is 8.94. The first kappa shape index (κ1) is 14.3. The van der Waals surface area contributed by atoms with Gasteiger partial charge in [-0.15, -0.1) is 11.8 Å². The number of aliphatic carboxylic acids is 1. The van der Waals surface area contributed by atoms with Crippen molar-refractivity contribution in [3.63, 3.8) is 0 Å². The highest BCUT2D eigenvalue weighted by Gasteiger charge is 2.18. The number of carboxylic acid groups (broad SMARTS) is 1. The van der Waals surface area contributed by atoms with E-state index in [4.69, 9.17) is 16.7 Å². The van der Waals surface area contributed by atoms with E-state index < -0.39 is 15.8 Å². The van der Waals surface area contributed by atoms with E-state index in [0.29, 0.717) is 10.5 Å². The molecule has 0 saturated heterocycles. The van der Waals surface area contributed by atoms with Gasteiger partial charge in [-0.25, -0.2) is 8.42 Å². The van der Waals surface area contributed by atoms with Crippen molar-refractivity contribution in [2.45, 2.75) is 16.2 Å². The van der Waals surface area contributed by atoms with Crippen LogP contribution in [-0.2, 0) is 21.1 Å². The van der Waals surface area contributed by atoms with Crippen LogP contribution in [0.25, 0.3) is 0 Å². The largest absolute Gasteiger partial charge is 0.481 e. The molecule has 4 nitrogen and oxygen atoms in total. The van der Waals surface area contributed by atoms with Crippen LogP contribution in [0.3, 0.4) is 0 Å². The number of thioether (sulfide) groups is 1. The minimum atomic E-state index is -3.42. The van der Waals surface area contributed by atoms with Crippen molar-refractivity contribution in [3.05, 3.63) is 22.7 Å². The minimum Gasteiger partial charge on any atom is -0.481 e. The Bertz CT molecular complexity index is 552. The molecule has 0 aromatic heterocycles. The highest BCUT2D eigenvalue weighted by atomic mass is 35.5. The lowest BCUT2D eigenvalue weighted by Gasteiger charge is -2.10. The predicted octanol–water partition coefficient (Wildman–Crippen LogP) is 2.09. The van der Waals surface area contributed by atoms with Crippen molar-refractivity contribution in [3.8, 4) is 0 Å². The summed E-state index contributed by atoms with van der Waals surface area (Å²) in [6.45, 7) is 0. The van der Waals surface area contributed by atoms with Gasteiger partial charge >= 0.3 is 5.97 Å². The maximum absolute atomic E-state index is 11.6. The van der Waals surface area contributed by atoms with Crippen LogP contribution in [0.2, 0.25) is 5.02 Å². The van der Waals surface area contributed by atoms with Gasteiger partial charge in [0, 0.05) is 11.2 Å². The summed E-state index contributed by atoms with van der Waals surface area (Å²) in [4.78, 5) is 11.1. The molecule has 0 saturated carbocycles. The Morgan fingerprint density at radius 1 is 1.47 bits per heavy atom. The zero-order chi connectivity index (χ0) is 13.2. The molecule has 1 aromatic rings. The Morgan fingerprint density at radius 2 is 2.06 bits per heavy atom. The molecule has 0 atom stereocenters. The molecule has 0 fully saturated rings. The second-order valence-electron chi connectivity index (χ2n) is 3.45. The van der Waals surface area contributed by atoms with Gasteiger partial charge in [-0.1, -0.05) is 11.6 Å². The molecule has 0 spiro atoms. The normalized spacial score (nSPS) is 11.5. The molecule has 0 amide bonds. The van der Waals surface area contributed by atoms with Gasteiger partial charge in [0.1, 0.15) is 0 Å². The number of benzene rings is 1. The second-order valence-corrected chi connectivity index (χ2v) is 6.66. The van der Waals surface area contributed by atoms with Crippen LogP contribution in [0.1, 0.15) is 5.56 Å². The lowest BCUT2D eigenvalue weighted by molar-refractivity contribution is -0.136. The Balaban J connectivity index is 3.44. The number of carbonyl (C=O) groups is 1. The summed E-state index contributed by atoms with van der Waals surface area (Å²) in [7, 11) is -3.42. The summed E-state index contributed by atoms with van der Waals surface area (Å²) in [5.41, 5.74) is 0.376. The fourth-order valence-corrected chi connectivity index (χ4v) is 3.93. The van der Waals surface area contributed by atoms with E-state index in [1.807, 2.05) is 0 Å². The van der Waals surface area contributed by atoms with Crippen molar-refractivity contribution < 1.29 is 18.3 Å². The zero-order valence-corrected chi connectivity index (χ0v) is 11.6. The molecule has 0 heterocycles. The number of hydrogen-bond acceptors (Lipinski definition) is 4. The van der Waals surface area contributed by atoms with Crippen LogP contribution in [-0.4, -0.2) is 32.0 Å². The van der Waals surface area contributed by atoms with Gasteiger partial charge in [0.15, 0.2) is 9.84 Å².